The quantitative estimate of drug-likeness (QED) is 0.833. The number of methoxy groups -OCH3 is 2. The number of rotatable bonds is 6. The molecule has 1 aliphatic carbocycles. The lowest BCUT2D eigenvalue weighted by atomic mass is 10.0. The monoisotopic (exact) mass is 343 g/mol. The second-order valence-corrected chi connectivity index (χ2v) is 7.00. The van der Waals surface area contributed by atoms with Gasteiger partial charge in [-0.2, -0.15) is 0 Å². The van der Waals surface area contributed by atoms with Crippen molar-refractivity contribution in [2.24, 2.45) is 0 Å². The summed E-state index contributed by atoms with van der Waals surface area (Å²) < 4.78 is 10.4. The molecule has 0 spiro atoms. The van der Waals surface area contributed by atoms with Crippen molar-refractivity contribution in [3.63, 3.8) is 0 Å². The number of hydrogen-bond donors (Lipinski definition) is 1. The number of carbonyl (C=O) groups excluding carboxylic acids is 1. The van der Waals surface area contributed by atoms with Crippen LogP contribution in [0.25, 0.3) is 0 Å². The Labute approximate surface area is 140 Å². The first kappa shape index (κ1) is 17.3. The summed E-state index contributed by atoms with van der Waals surface area (Å²) in [6.07, 6.45) is 6.32. The molecule has 1 fully saturated rings. The van der Waals surface area contributed by atoms with Crippen molar-refractivity contribution >= 4 is 35.0 Å². The van der Waals surface area contributed by atoms with Crippen LogP contribution in [-0.4, -0.2) is 31.1 Å². The number of thioether (sulfide) groups is 1. The first-order chi connectivity index (χ1) is 10.6. The molecule has 1 aromatic rings. The van der Waals surface area contributed by atoms with Crippen molar-refractivity contribution in [3.05, 3.63) is 17.2 Å². The molecular weight excluding hydrogens is 322 g/mol. The molecule has 1 N–H and O–H groups in total. The second-order valence-electron chi connectivity index (χ2n) is 5.31. The third kappa shape index (κ3) is 4.71. The molecule has 1 saturated carbocycles. The highest BCUT2D eigenvalue weighted by Crippen LogP contribution is 2.36. The largest absolute Gasteiger partial charge is 0.495 e. The molecule has 1 aromatic carbocycles. The van der Waals surface area contributed by atoms with Crippen molar-refractivity contribution in [1.29, 1.82) is 0 Å². The minimum atomic E-state index is -0.0294. The highest BCUT2D eigenvalue weighted by Gasteiger charge is 2.17. The van der Waals surface area contributed by atoms with Gasteiger partial charge < -0.3 is 14.8 Å². The van der Waals surface area contributed by atoms with Crippen molar-refractivity contribution in [2.75, 3.05) is 25.3 Å². The average molecular weight is 344 g/mol. The lowest BCUT2D eigenvalue weighted by Gasteiger charge is -2.20. The normalized spacial score (nSPS) is 15.4. The Morgan fingerprint density at radius 2 is 1.91 bits per heavy atom. The number of ether oxygens (including phenoxy) is 2. The van der Waals surface area contributed by atoms with E-state index in [1.54, 1.807) is 31.0 Å². The molecule has 0 aliphatic heterocycles. The fraction of sp³-hybridized carbons (Fsp3) is 0.562. The smallest absolute Gasteiger partial charge is 0.234 e. The van der Waals surface area contributed by atoms with Crippen LogP contribution in [-0.2, 0) is 4.79 Å². The number of nitrogens with one attached hydrogen (secondary N) is 1. The van der Waals surface area contributed by atoms with Gasteiger partial charge in [0, 0.05) is 17.4 Å². The van der Waals surface area contributed by atoms with E-state index in [1.807, 2.05) is 0 Å². The Hall–Kier alpha value is -1.07. The molecule has 0 bridgehead atoms. The molecule has 22 heavy (non-hydrogen) atoms. The molecule has 2 rings (SSSR count). The van der Waals surface area contributed by atoms with Gasteiger partial charge in [-0.1, -0.05) is 30.9 Å². The first-order valence-corrected chi connectivity index (χ1v) is 8.89. The van der Waals surface area contributed by atoms with Gasteiger partial charge in [0.05, 0.1) is 30.7 Å². The molecule has 122 valence electrons. The summed E-state index contributed by atoms with van der Waals surface area (Å²) in [5.74, 6) is 1.47. The number of amides is 1. The second kappa shape index (κ2) is 8.53. The van der Waals surface area contributed by atoms with Crippen molar-refractivity contribution in [3.8, 4) is 11.5 Å². The third-order valence-corrected chi connectivity index (χ3v) is 5.42. The van der Waals surface area contributed by atoms with Gasteiger partial charge in [0.1, 0.15) is 11.5 Å². The standard InChI is InChI=1S/C16H22ClNO3S/c1-20-14-9-13(15(21-2)8-12(14)17)18-16(19)10-22-11-6-4-3-5-7-11/h8-9,11H,3-7,10H2,1-2H3,(H,18,19). The van der Waals surface area contributed by atoms with Gasteiger partial charge in [0.15, 0.2) is 0 Å². The molecule has 0 atom stereocenters. The Balaban J connectivity index is 1.95. The van der Waals surface area contributed by atoms with Gasteiger partial charge in [-0.3, -0.25) is 4.79 Å². The van der Waals surface area contributed by atoms with Crippen LogP contribution in [0.1, 0.15) is 32.1 Å². The van der Waals surface area contributed by atoms with Gasteiger partial charge in [-0.05, 0) is 12.8 Å². The first-order valence-electron chi connectivity index (χ1n) is 7.47. The summed E-state index contributed by atoms with van der Waals surface area (Å²) in [5, 5.41) is 3.94. The van der Waals surface area contributed by atoms with Gasteiger partial charge in [-0.25, -0.2) is 0 Å². The molecular formula is C16H22ClNO3S. The molecule has 0 saturated heterocycles. The predicted molar refractivity (Wildman–Crippen MR) is 92.5 cm³/mol. The summed E-state index contributed by atoms with van der Waals surface area (Å²) in [4.78, 5) is 12.1. The SMILES string of the molecule is COc1cc(NC(=O)CSC2CCCCC2)c(OC)cc1Cl. The van der Waals surface area contributed by atoms with Crippen LogP contribution in [0.2, 0.25) is 5.02 Å². The maximum atomic E-state index is 12.1. The fourth-order valence-electron chi connectivity index (χ4n) is 2.57. The summed E-state index contributed by atoms with van der Waals surface area (Å²) >= 11 is 7.80. The lowest BCUT2D eigenvalue weighted by molar-refractivity contribution is -0.113. The van der Waals surface area contributed by atoms with Crippen LogP contribution in [0, 0.1) is 0 Å². The van der Waals surface area contributed by atoms with Gasteiger partial charge in [0.25, 0.3) is 0 Å². The molecule has 0 heterocycles. The van der Waals surface area contributed by atoms with E-state index in [-0.39, 0.29) is 5.91 Å². The molecule has 0 aromatic heterocycles. The number of hydrogen-bond acceptors (Lipinski definition) is 4. The summed E-state index contributed by atoms with van der Waals surface area (Å²) in [5.41, 5.74) is 0.581. The lowest BCUT2D eigenvalue weighted by Crippen LogP contribution is -2.18. The van der Waals surface area contributed by atoms with Crippen molar-refractivity contribution in [1.82, 2.24) is 0 Å². The van der Waals surface area contributed by atoms with E-state index in [4.69, 9.17) is 21.1 Å². The molecule has 0 radical (unpaired) electrons. The summed E-state index contributed by atoms with van der Waals surface area (Å²) in [6.45, 7) is 0. The van der Waals surface area contributed by atoms with Crippen LogP contribution in [0.4, 0.5) is 5.69 Å². The Morgan fingerprint density at radius 3 is 2.55 bits per heavy atom. The van der Waals surface area contributed by atoms with Crippen LogP contribution in [0.3, 0.4) is 0 Å². The fourth-order valence-corrected chi connectivity index (χ4v) is 3.93. The molecule has 0 unspecified atom stereocenters. The molecule has 1 aliphatic rings. The van der Waals surface area contributed by atoms with Gasteiger partial charge in [0.2, 0.25) is 5.91 Å². The van der Waals surface area contributed by atoms with Gasteiger partial charge >= 0.3 is 0 Å². The highest BCUT2D eigenvalue weighted by atomic mass is 35.5. The van der Waals surface area contributed by atoms with E-state index in [9.17, 15) is 4.79 Å². The van der Waals surface area contributed by atoms with Crippen LogP contribution < -0.4 is 14.8 Å². The summed E-state index contributed by atoms with van der Waals surface area (Å²) in [7, 11) is 3.09. The van der Waals surface area contributed by atoms with Crippen LogP contribution in [0.15, 0.2) is 12.1 Å². The Bertz CT molecular complexity index is 518. The van der Waals surface area contributed by atoms with Gasteiger partial charge in [-0.15, -0.1) is 11.8 Å². The minimum absolute atomic E-state index is 0.0294. The van der Waals surface area contributed by atoms with E-state index in [2.05, 4.69) is 5.32 Å². The number of benzene rings is 1. The van der Waals surface area contributed by atoms with E-state index in [1.165, 1.54) is 39.2 Å². The summed E-state index contributed by atoms with van der Waals surface area (Å²) in [6, 6.07) is 3.33. The number of halogens is 1. The van der Waals surface area contributed by atoms with E-state index >= 15 is 0 Å². The molecule has 1 amide bonds. The van der Waals surface area contributed by atoms with E-state index < -0.39 is 0 Å². The van der Waals surface area contributed by atoms with Crippen molar-refractivity contribution < 1.29 is 14.3 Å². The van der Waals surface area contributed by atoms with Crippen LogP contribution in [0.5, 0.6) is 11.5 Å². The minimum Gasteiger partial charge on any atom is -0.495 e. The number of anilines is 1. The zero-order valence-electron chi connectivity index (χ0n) is 13.0. The maximum absolute atomic E-state index is 12.1. The van der Waals surface area contributed by atoms with E-state index in [0.29, 0.717) is 33.2 Å². The maximum Gasteiger partial charge on any atom is 0.234 e. The Kier molecular flexibility index (Phi) is 6.70. The average Bonchev–Trinajstić information content (AvgIpc) is 2.55. The Morgan fingerprint density at radius 1 is 1.23 bits per heavy atom. The topological polar surface area (TPSA) is 47.6 Å². The number of carbonyl (C=O) groups is 1. The predicted octanol–water partition coefficient (Wildman–Crippen LogP) is 4.36. The van der Waals surface area contributed by atoms with Crippen molar-refractivity contribution in [2.45, 2.75) is 37.4 Å². The zero-order chi connectivity index (χ0) is 15.9. The third-order valence-electron chi connectivity index (χ3n) is 3.75. The molecule has 4 nitrogen and oxygen atoms in total. The van der Waals surface area contributed by atoms with E-state index in [0.717, 1.165) is 0 Å². The van der Waals surface area contributed by atoms with Crippen LogP contribution >= 0.6 is 23.4 Å². The zero-order valence-corrected chi connectivity index (χ0v) is 14.6. The highest BCUT2D eigenvalue weighted by molar-refractivity contribution is 8.00. The molecule has 6 heteroatoms.